The molecular weight excluding hydrogens is 435 g/mol. The lowest BCUT2D eigenvalue weighted by Crippen LogP contribution is -2.23. The maximum absolute atomic E-state index is 12.1. The van der Waals surface area contributed by atoms with Crippen LogP contribution in [0.4, 0.5) is 18.9 Å². The molecule has 144 valence electrons. The summed E-state index contributed by atoms with van der Waals surface area (Å²) in [4.78, 5) is 23.3. The van der Waals surface area contributed by atoms with Gasteiger partial charge in [0.05, 0.1) is 0 Å². The first-order valence-corrected chi connectivity index (χ1v) is 8.20. The third-order valence-corrected chi connectivity index (χ3v) is 3.38. The van der Waals surface area contributed by atoms with Gasteiger partial charge in [0.1, 0.15) is 11.5 Å². The van der Waals surface area contributed by atoms with E-state index in [4.69, 9.17) is 9.47 Å². The number of esters is 1. The molecule has 27 heavy (non-hydrogen) atoms. The van der Waals surface area contributed by atoms with Gasteiger partial charge in [0.25, 0.3) is 5.91 Å². The van der Waals surface area contributed by atoms with E-state index in [1.165, 1.54) is 12.1 Å². The van der Waals surface area contributed by atoms with E-state index in [2.05, 4.69) is 26.0 Å². The average Bonchev–Trinajstić information content (AvgIpc) is 2.59. The van der Waals surface area contributed by atoms with E-state index in [-0.39, 0.29) is 12.3 Å². The van der Waals surface area contributed by atoms with Crippen molar-refractivity contribution >= 4 is 33.5 Å². The monoisotopic (exact) mass is 447 g/mol. The van der Waals surface area contributed by atoms with E-state index in [1.54, 1.807) is 24.3 Å². The number of anilines is 1. The number of hydrogen-bond donors (Lipinski definition) is 1. The third-order valence-electron chi connectivity index (χ3n) is 2.89. The molecule has 0 bridgehead atoms. The molecule has 0 atom stereocenters. The lowest BCUT2D eigenvalue weighted by atomic mass is 10.3. The maximum atomic E-state index is 12.1. The predicted octanol–water partition coefficient (Wildman–Crippen LogP) is 3.91. The van der Waals surface area contributed by atoms with Crippen LogP contribution >= 0.6 is 15.9 Å². The number of hydrogen-bond acceptors (Lipinski definition) is 5. The Balaban J connectivity index is 1.73. The Morgan fingerprint density at radius 3 is 2.33 bits per heavy atom. The topological polar surface area (TPSA) is 73.9 Å². The van der Waals surface area contributed by atoms with Crippen molar-refractivity contribution in [3.63, 3.8) is 0 Å². The fraction of sp³-hybridized carbons (Fsp3) is 0.176. The van der Waals surface area contributed by atoms with Gasteiger partial charge in [-0.25, -0.2) is 4.79 Å². The molecule has 0 heterocycles. The third kappa shape index (κ3) is 7.99. The number of carbonyl (C=O) groups is 2. The fourth-order valence-corrected chi connectivity index (χ4v) is 2.20. The second-order valence-electron chi connectivity index (χ2n) is 5.03. The molecule has 0 aliphatic rings. The number of alkyl halides is 3. The first kappa shape index (κ1) is 20.6. The van der Waals surface area contributed by atoms with Crippen molar-refractivity contribution in [1.29, 1.82) is 0 Å². The standard InChI is InChI=1S/C17H13BrF3NO5/c18-11-2-1-3-14(8-11)25-10-16(24)26-9-15(23)22-12-4-6-13(7-5-12)27-17(19,20)21/h1-8H,9-10H2,(H,22,23). The molecular formula is C17H13BrF3NO5. The summed E-state index contributed by atoms with van der Waals surface area (Å²) in [6.07, 6.45) is -4.79. The Labute approximate surface area is 160 Å². The summed E-state index contributed by atoms with van der Waals surface area (Å²) in [5.41, 5.74) is 0.218. The Hall–Kier alpha value is -2.75. The molecule has 2 aromatic carbocycles. The molecule has 6 nitrogen and oxygen atoms in total. The zero-order chi connectivity index (χ0) is 19.9. The Morgan fingerprint density at radius 1 is 1.00 bits per heavy atom. The minimum Gasteiger partial charge on any atom is -0.482 e. The van der Waals surface area contributed by atoms with E-state index in [0.29, 0.717) is 5.75 Å². The maximum Gasteiger partial charge on any atom is 0.573 e. The Morgan fingerprint density at radius 2 is 1.70 bits per heavy atom. The van der Waals surface area contributed by atoms with Crippen LogP contribution in [-0.4, -0.2) is 31.5 Å². The van der Waals surface area contributed by atoms with Crippen LogP contribution < -0.4 is 14.8 Å². The van der Waals surface area contributed by atoms with Crippen LogP contribution in [0.15, 0.2) is 53.0 Å². The van der Waals surface area contributed by atoms with Crippen molar-refractivity contribution in [3.05, 3.63) is 53.0 Å². The summed E-state index contributed by atoms with van der Waals surface area (Å²) in [7, 11) is 0. The summed E-state index contributed by atoms with van der Waals surface area (Å²) >= 11 is 3.26. The second kappa shape index (κ2) is 9.26. The van der Waals surface area contributed by atoms with Gasteiger partial charge in [-0.15, -0.1) is 13.2 Å². The summed E-state index contributed by atoms with van der Waals surface area (Å²) in [6, 6.07) is 11.3. The van der Waals surface area contributed by atoms with E-state index in [9.17, 15) is 22.8 Å². The quantitative estimate of drug-likeness (QED) is 0.651. The number of amides is 1. The second-order valence-corrected chi connectivity index (χ2v) is 5.94. The smallest absolute Gasteiger partial charge is 0.482 e. The van der Waals surface area contributed by atoms with Gasteiger partial charge in [-0.2, -0.15) is 0 Å². The number of ether oxygens (including phenoxy) is 3. The van der Waals surface area contributed by atoms with Crippen LogP contribution in [0, 0.1) is 0 Å². The van der Waals surface area contributed by atoms with E-state index in [0.717, 1.165) is 16.6 Å². The molecule has 10 heteroatoms. The van der Waals surface area contributed by atoms with Gasteiger partial charge in [-0.05, 0) is 42.5 Å². The highest BCUT2D eigenvalue weighted by Gasteiger charge is 2.30. The van der Waals surface area contributed by atoms with Crippen LogP contribution in [0.1, 0.15) is 0 Å². The Bertz CT molecular complexity index is 796. The van der Waals surface area contributed by atoms with Gasteiger partial charge in [-0.1, -0.05) is 22.0 Å². The molecule has 0 aliphatic heterocycles. The highest BCUT2D eigenvalue weighted by Crippen LogP contribution is 2.24. The number of carbonyl (C=O) groups excluding carboxylic acids is 2. The zero-order valence-electron chi connectivity index (χ0n) is 13.6. The van der Waals surface area contributed by atoms with Gasteiger partial charge in [-0.3, -0.25) is 4.79 Å². The number of halogens is 4. The van der Waals surface area contributed by atoms with Gasteiger partial charge in [0, 0.05) is 10.2 Å². The minimum absolute atomic E-state index is 0.218. The fourth-order valence-electron chi connectivity index (χ4n) is 1.82. The highest BCUT2D eigenvalue weighted by molar-refractivity contribution is 9.10. The molecule has 0 saturated heterocycles. The van der Waals surface area contributed by atoms with Gasteiger partial charge in [0.2, 0.25) is 0 Å². The Kier molecular flexibility index (Phi) is 7.05. The van der Waals surface area contributed by atoms with E-state index < -0.39 is 30.6 Å². The van der Waals surface area contributed by atoms with Crippen molar-refractivity contribution in [2.75, 3.05) is 18.5 Å². The molecule has 2 rings (SSSR count). The van der Waals surface area contributed by atoms with Crippen molar-refractivity contribution in [2.24, 2.45) is 0 Å². The van der Waals surface area contributed by atoms with Crippen LogP contribution in [0.2, 0.25) is 0 Å². The summed E-state index contributed by atoms with van der Waals surface area (Å²) in [5.74, 6) is -1.38. The van der Waals surface area contributed by atoms with Crippen molar-refractivity contribution < 1.29 is 37.0 Å². The first-order valence-electron chi connectivity index (χ1n) is 7.41. The van der Waals surface area contributed by atoms with E-state index in [1.807, 2.05) is 0 Å². The zero-order valence-corrected chi connectivity index (χ0v) is 15.2. The van der Waals surface area contributed by atoms with Crippen LogP contribution in [-0.2, 0) is 14.3 Å². The molecule has 2 aromatic rings. The van der Waals surface area contributed by atoms with Crippen molar-refractivity contribution in [1.82, 2.24) is 0 Å². The van der Waals surface area contributed by atoms with Crippen molar-refractivity contribution in [2.45, 2.75) is 6.36 Å². The van der Waals surface area contributed by atoms with Crippen LogP contribution in [0.5, 0.6) is 11.5 Å². The normalized spacial score (nSPS) is 10.8. The number of nitrogens with one attached hydrogen (secondary N) is 1. The lowest BCUT2D eigenvalue weighted by molar-refractivity contribution is -0.274. The van der Waals surface area contributed by atoms with Gasteiger partial charge >= 0.3 is 12.3 Å². The molecule has 0 unspecified atom stereocenters. The summed E-state index contributed by atoms with van der Waals surface area (Å²) < 4.78 is 50.7. The highest BCUT2D eigenvalue weighted by atomic mass is 79.9. The predicted molar refractivity (Wildman–Crippen MR) is 92.4 cm³/mol. The molecule has 1 N–H and O–H groups in total. The molecule has 0 aromatic heterocycles. The number of benzene rings is 2. The summed E-state index contributed by atoms with van der Waals surface area (Å²) in [5, 5.41) is 2.37. The summed E-state index contributed by atoms with van der Waals surface area (Å²) in [6.45, 7) is -0.950. The lowest BCUT2D eigenvalue weighted by Gasteiger charge is -2.10. The van der Waals surface area contributed by atoms with Crippen LogP contribution in [0.25, 0.3) is 0 Å². The molecule has 1 amide bonds. The van der Waals surface area contributed by atoms with Crippen molar-refractivity contribution in [3.8, 4) is 11.5 Å². The van der Waals surface area contributed by atoms with Crippen LogP contribution in [0.3, 0.4) is 0 Å². The average molecular weight is 448 g/mol. The molecule has 0 radical (unpaired) electrons. The number of rotatable bonds is 7. The molecule has 0 saturated carbocycles. The van der Waals surface area contributed by atoms with E-state index >= 15 is 0 Å². The van der Waals surface area contributed by atoms with Gasteiger partial charge < -0.3 is 19.5 Å². The molecule has 0 aliphatic carbocycles. The molecule has 0 fully saturated rings. The van der Waals surface area contributed by atoms with Gasteiger partial charge in [0.15, 0.2) is 13.2 Å². The minimum atomic E-state index is -4.79. The SMILES string of the molecule is O=C(COC(=O)COc1cccc(Br)c1)Nc1ccc(OC(F)(F)F)cc1. The molecule has 0 spiro atoms. The largest absolute Gasteiger partial charge is 0.573 e. The first-order chi connectivity index (χ1) is 12.7.